The molecule has 3 nitrogen and oxygen atoms in total. The van der Waals surface area contributed by atoms with Gasteiger partial charge in [-0.3, -0.25) is 4.98 Å². The minimum atomic E-state index is 0.0982. The summed E-state index contributed by atoms with van der Waals surface area (Å²) >= 11 is 0. The molecule has 3 heteroatoms. The smallest absolute Gasteiger partial charge is 0.0918 e. The lowest BCUT2D eigenvalue weighted by molar-refractivity contribution is 0.321. The average Bonchev–Trinajstić information content (AvgIpc) is 2.04. The number of oxime groups is 1. The fourth-order valence-electron chi connectivity index (χ4n) is 1.04. The molecular weight excluding hydrogens is 164 g/mol. The van der Waals surface area contributed by atoms with E-state index in [4.69, 9.17) is 5.21 Å². The minimum absolute atomic E-state index is 0.0982. The Kier molecular flexibility index (Phi) is 2.66. The maximum atomic E-state index is 8.34. The van der Waals surface area contributed by atoms with Gasteiger partial charge in [0.1, 0.15) is 0 Å². The van der Waals surface area contributed by atoms with Crippen molar-refractivity contribution in [1.82, 2.24) is 4.98 Å². The van der Waals surface area contributed by atoms with E-state index in [0.29, 0.717) is 5.69 Å². The highest BCUT2D eigenvalue weighted by atomic mass is 16.4. The van der Waals surface area contributed by atoms with Gasteiger partial charge in [-0.25, -0.2) is 0 Å². The highest BCUT2D eigenvalue weighted by Crippen LogP contribution is 2.21. The first-order valence-corrected chi connectivity index (χ1v) is 4.18. The quantitative estimate of drug-likeness (QED) is 0.407. The van der Waals surface area contributed by atoms with Crippen LogP contribution in [0.25, 0.3) is 0 Å². The topological polar surface area (TPSA) is 45.5 Å². The molecule has 1 aromatic rings. The van der Waals surface area contributed by atoms with Crippen molar-refractivity contribution in [3.63, 3.8) is 0 Å². The van der Waals surface area contributed by atoms with Gasteiger partial charge in [0.05, 0.1) is 11.9 Å². The highest BCUT2D eigenvalue weighted by molar-refractivity contribution is 5.76. The number of pyridine rings is 1. The molecule has 0 aromatic carbocycles. The number of hydrogen-bond donors (Lipinski definition) is 1. The molecule has 0 unspecified atom stereocenters. The van der Waals surface area contributed by atoms with E-state index >= 15 is 0 Å². The van der Waals surface area contributed by atoms with Gasteiger partial charge in [-0.15, -0.1) is 0 Å². The van der Waals surface area contributed by atoms with Crippen molar-refractivity contribution in [2.24, 2.45) is 5.16 Å². The molecule has 0 aliphatic heterocycles. The molecule has 1 rings (SSSR count). The van der Waals surface area contributed by atoms with Crippen molar-refractivity contribution in [2.45, 2.75) is 26.2 Å². The minimum Gasteiger partial charge on any atom is -0.411 e. The van der Waals surface area contributed by atoms with Crippen LogP contribution in [0.15, 0.2) is 23.5 Å². The van der Waals surface area contributed by atoms with Crippen LogP contribution in [0.5, 0.6) is 0 Å². The zero-order chi connectivity index (χ0) is 9.90. The number of rotatable bonds is 1. The Morgan fingerprint density at radius 3 is 2.69 bits per heavy atom. The molecule has 0 aliphatic carbocycles. The highest BCUT2D eigenvalue weighted by Gasteiger charge is 2.13. The fraction of sp³-hybridized carbons (Fsp3) is 0.400. The van der Waals surface area contributed by atoms with E-state index in [0.717, 1.165) is 0 Å². The second-order valence-corrected chi connectivity index (χ2v) is 3.96. The van der Waals surface area contributed by atoms with Crippen LogP contribution in [0.4, 0.5) is 0 Å². The van der Waals surface area contributed by atoms with Gasteiger partial charge < -0.3 is 5.21 Å². The Balaban J connectivity index is 3.05. The van der Waals surface area contributed by atoms with E-state index in [2.05, 4.69) is 30.9 Å². The SMILES string of the molecule is CC(C)(C)c1ccnc(C=NO)c1. The molecule has 1 heterocycles. The van der Waals surface area contributed by atoms with Crippen LogP contribution in [0.3, 0.4) is 0 Å². The largest absolute Gasteiger partial charge is 0.411 e. The molecule has 0 saturated heterocycles. The van der Waals surface area contributed by atoms with Gasteiger partial charge in [0, 0.05) is 6.20 Å². The van der Waals surface area contributed by atoms with Crippen LogP contribution in [-0.4, -0.2) is 16.4 Å². The van der Waals surface area contributed by atoms with Crippen molar-refractivity contribution in [1.29, 1.82) is 0 Å². The van der Waals surface area contributed by atoms with Crippen molar-refractivity contribution in [3.8, 4) is 0 Å². The number of hydrogen-bond acceptors (Lipinski definition) is 3. The van der Waals surface area contributed by atoms with Crippen molar-refractivity contribution in [2.75, 3.05) is 0 Å². The summed E-state index contributed by atoms with van der Waals surface area (Å²) in [5.74, 6) is 0. The van der Waals surface area contributed by atoms with E-state index in [-0.39, 0.29) is 5.41 Å². The molecular formula is C10H14N2O. The van der Waals surface area contributed by atoms with Crippen LogP contribution < -0.4 is 0 Å². The summed E-state index contributed by atoms with van der Waals surface area (Å²) in [5.41, 5.74) is 1.95. The first-order chi connectivity index (χ1) is 6.04. The fourth-order valence-corrected chi connectivity index (χ4v) is 1.04. The summed E-state index contributed by atoms with van der Waals surface area (Å²) < 4.78 is 0. The van der Waals surface area contributed by atoms with Crippen LogP contribution in [0.2, 0.25) is 0 Å². The summed E-state index contributed by atoms with van der Waals surface area (Å²) in [6, 6.07) is 3.88. The Labute approximate surface area is 78.1 Å². The van der Waals surface area contributed by atoms with Gasteiger partial charge in [0.15, 0.2) is 0 Å². The van der Waals surface area contributed by atoms with Gasteiger partial charge >= 0.3 is 0 Å². The lowest BCUT2D eigenvalue weighted by Crippen LogP contribution is -2.11. The second kappa shape index (κ2) is 3.56. The van der Waals surface area contributed by atoms with Gasteiger partial charge in [0.25, 0.3) is 0 Å². The van der Waals surface area contributed by atoms with Crippen LogP contribution in [0.1, 0.15) is 32.0 Å². The monoisotopic (exact) mass is 178 g/mol. The van der Waals surface area contributed by atoms with E-state index in [9.17, 15) is 0 Å². The predicted octanol–water partition coefficient (Wildman–Crippen LogP) is 2.19. The molecule has 0 fully saturated rings. The first-order valence-electron chi connectivity index (χ1n) is 4.18. The van der Waals surface area contributed by atoms with Crippen molar-refractivity contribution in [3.05, 3.63) is 29.6 Å². The predicted molar refractivity (Wildman–Crippen MR) is 52.3 cm³/mol. The van der Waals surface area contributed by atoms with Gasteiger partial charge in [-0.05, 0) is 23.1 Å². The average molecular weight is 178 g/mol. The first kappa shape index (κ1) is 9.71. The summed E-state index contributed by atoms with van der Waals surface area (Å²) in [5, 5.41) is 11.3. The zero-order valence-corrected chi connectivity index (χ0v) is 8.15. The summed E-state index contributed by atoms with van der Waals surface area (Å²) in [4.78, 5) is 4.03. The van der Waals surface area contributed by atoms with Crippen LogP contribution >= 0.6 is 0 Å². The lowest BCUT2D eigenvalue weighted by Gasteiger charge is -2.18. The van der Waals surface area contributed by atoms with Crippen LogP contribution in [0, 0.1) is 0 Å². The molecule has 13 heavy (non-hydrogen) atoms. The third kappa shape index (κ3) is 2.54. The van der Waals surface area contributed by atoms with E-state index in [1.807, 2.05) is 12.1 Å². The molecule has 1 N–H and O–H groups in total. The van der Waals surface area contributed by atoms with Gasteiger partial charge in [-0.2, -0.15) is 0 Å². The van der Waals surface area contributed by atoms with E-state index < -0.39 is 0 Å². The van der Waals surface area contributed by atoms with Crippen LogP contribution in [-0.2, 0) is 5.41 Å². The number of aromatic nitrogens is 1. The summed E-state index contributed by atoms with van der Waals surface area (Å²) in [6.07, 6.45) is 3.05. The van der Waals surface area contributed by atoms with E-state index in [1.165, 1.54) is 11.8 Å². The van der Waals surface area contributed by atoms with Crippen molar-refractivity contribution < 1.29 is 5.21 Å². The molecule has 0 saturated carbocycles. The van der Waals surface area contributed by atoms with Gasteiger partial charge in [-0.1, -0.05) is 25.9 Å². The second-order valence-electron chi connectivity index (χ2n) is 3.96. The normalized spacial score (nSPS) is 12.2. The number of nitrogens with zero attached hydrogens (tertiary/aromatic N) is 2. The molecule has 0 aliphatic rings. The molecule has 0 spiro atoms. The molecule has 0 radical (unpaired) electrons. The molecule has 0 bridgehead atoms. The Hall–Kier alpha value is -1.38. The maximum Gasteiger partial charge on any atom is 0.0918 e. The summed E-state index contributed by atoms with van der Waals surface area (Å²) in [7, 11) is 0. The Bertz CT molecular complexity index is 313. The molecule has 70 valence electrons. The Morgan fingerprint density at radius 1 is 1.46 bits per heavy atom. The Morgan fingerprint density at radius 2 is 2.15 bits per heavy atom. The van der Waals surface area contributed by atoms with Gasteiger partial charge in [0.2, 0.25) is 0 Å². The standard InChI is InChI=1S/C10H14N2O/c1-10(2,3)8-4-5-11-9(6-8)7-12-13/h4-7,13H,1-3H3. The maximum absolute atomic E-state index is 8.34. The third-order valence-corrected chi connectivity index (χ3v) is 1.84. The molecule has 0 atom stereocenters. The molecule has 1 aromatic heterocycles. The molecule has 0 amide bonds. The van der Waals surface area contributed by atoms with Crippen molar-refractivity contribution >= 4 is 6.21 Å². The lowest BCUT2D eigenvalue weighted by atomic mass is 9.87. The van der Waals surface area contributed by atoms with E-state index in [1.54, 1.807) is 6.20 Å². The summed E-state index contributed by atoms with van der Waals surface area (Å²) in [6.45, 7) is 6.38. The zero-order valence-electron chi connectivity index (χ0n) is 8.15. The third-order valence-electron chi connectivity index (χ3n) is 1.84.